The highest BCUT2D eigenvalue weighted by Gasteiger charge is 2.24. The Balaban J connectivity index is 1.76. The van der Waals surface area contributed by atoms with Gasteiger partial charge in [0.25, 0.3) is 0 Å². The van der Waals surface area contributed by atoms with E-state index in [1.54, 1.807) is 0 Å². The van der Waals surface area contributed by atoms with Gasteiger partial charge < -0.3 is 9.64 Å². The molecular weight excluding hydrogens is 222 g/mol. The number of piperidine rings is 1. The minimum atomic E-state index is 0.760. The van der Waals surface area contributed by atoms with Crippen LogP contribution in [0.15, 0.2) is 12.2 Å². The lowest BCUT2D eigenvalue weighted by molar-refractivity contribution is 0.0622. The van der Waals surface area contributed by atoms with Crippen molar-refractivity contribution < 1.29 is 4.74 Å². The molecule has 1 saturated carbocycles. The van der Waals surface area contributed by atoms with Crippen LogP contribution in [0.25, 0.3) is 0 Å². The molecule has 2 rings (SSSR count). The summed E-state index contributed by atoms with van der Waals surface area (Å²) >= 11 is 0. The van der Waals surface area contributed by atoms with E-state index in [1.165, 1.54) is 63.7 Å². The third-order valence-corrected chi connectivity index (χ3v) is 4.52. The third kappa shape index (κ3) is 4.10. The summed E-state index contributed by atoms with van der Waals surface area (Å²) in [5.41, 5.74) is 1.51. The van der Waals surface area contributed by atoms with E-state index in [1.807, 2.05) is 0 Å². The highest BCUT2D eigenvalue weighted by atomic mass is 16.5. The highest BCUT2D eigenvalue weighted by Crippen LogP contribution is 2.29. The van der Waals surface area contributed by atoms with Crippen LogP contribution in [0, 0.1) is 11.8 Å². The van der Waals surface area contributed by atoms with Crippen LogP contribution in [0.4, 0.5) is 0 Å². The largest absolute Gasteiger partial charge is 0.381 e. The van der Waals surface area contributed by atoms with Gasteiger partial charge in [-0.2, -0.15) is 0 Å². The number of likely N-dealkylation sites (tertiary alicyclic amines) is 1. The number of hydrogen-bond donors (Lipinski definition) is 0. The lowest BCUT2D eigenvalue weighted by Crippen LogP contribution is -2.40. The van der Waals surface area contributed by atoms with Crippen LogP contribution in [0.3, 0.4) is 0 Å². The van der Waals surface area contributed by atoms with Crippen LogP contribution in [0.2, 0.25) is 0 Å². The van der Waals surface area contributed by atoms with Crippen LogP contribution >= 0.6 is 0 Å². The Kier molecular flexibility index (Phi) is 5.71. The summed E-state index contributed by atoms with van der Waals surface area (Å²) in [4.78, 5) is 2.66. The summed E-state index contributed by atoms with van der Waals surface area (Å²) < 4.78 is 5.59. The summed E-state index contributed by atoms with van der Waals surface area (Å²) in [6, 6.07) is 0. The van der Waals surface area contributed by atoms with Crippen molar-refractivity contribution in [3.8, 4) is 0 Å². The van der Waals surface area contributed by atoms with E-state index < -0.39 is 0 Å². The van der Waals surface area contributed by atoms with Gasteiger partial charge in [-0.3, -0.25) is 0 Å². The molecule has 0 N–H and O–H groups in total. The average molecular weight is 251 g/mol. The van der Waals surface area contributed by atoms with E-state index in [4.69, 9.17) is 4.74 Å². The zero-order valence-corrected chi connectivity index (χ0v) is 12.0. The average Bonchev–Trinajstić information content (AvgIpc) is 2.40. The molecule has 2 nitrogen and oxygen atoms in total. The molecule has 1 aliphatic heterocycles. The second kappa shape index (κ2) is 7.30. The lowest BCUT2D eigenvalue weighted by Gasteiger charge is -2.36. The fourth-order valence-electron chi connectivity index (χ4n) is 3.42. The molecule has 2 atom stereocenters. The van der Waals surface area contributed by atoms with Gasteiger partial charge in [0.1, 0.15) is 0 Å². The van der Waals surface area contributed by atoms with Crippen molar-refractivity contribution in [1.29, 1.82) is 0 Å². The van der Waals surface area contributed by atoms with Gasteiger partial charge in [0.05, 0.1) is 6.61 Å². The van der Waals surface area contributed by atoms with E-state index in [0.717, 1.165) is 25.0 Å². The first-order valence-corrected chi connectivity index (χ1v) is 7.77. The normalized spacial score (nSPS) is 30.6. The summed E-state index contributed by atoms with van der Waals surface area (Å²) in [5, 5.41) is 0. The predicted molar refractivity (Wildman–Crippen MR) is 76.8 cm³/mol. The highest BCUT2D eigenvalue weighted by molar-refractivity contribution is 5.04. The standard InChI is InChI=1S/C16H29NO/c1-3-18-13-15-8-6-10-17(11-15)12-16-9-5-4-7-14(16)2/h15-16H,2-13H2,1H3/t15-,16-/m1/s1. The van der Waals surface area contributed by atoms with E-state index in [-0.39, 0.29) is 0 Å². The lowest BCUT2D eigenvalue weighted by atomic mass is 9.84. The van der Waals surface area contributed by atoms with Gasteiger partial charge in [-0.1, -0.05) is 18.6 Å². The topological polar surface area (TPSA) is 12.5 Å². The molecule has 0 amide bonds. The van der Waals surface area contributed by atoms with Gasteiger partial charge in [0.2, 0.25) is 0 Å². The fourth-order valence-corrected chi connectivity index (χ4v) is 3.42. The maximum absolute atomic E-state index is 5.59. The zero-order valence-electron chi connectivity index (χ0n) is 12.0. The van der Waals surface area contributed by atoms with Crippen molar-refractivity contribution >= 4 is 0 Å². The minimum absolute atomic E-state index is 0.760. The van der Waals surface area contributed by atoms with Crippen molar-refractivity contribution in [2.75, 3.05) is 32.8 Å². The summed E-state index contributed by atoms with van der Waals surface area (Å²) in [6.07, 6.45) is 8.09. The Hall–Kier alpha value is -0.340. The number of ether oxygens (including phenoxy) is 1. The second-order valence-electron chi connectivity index (χ2n) is 6.03. The maximum Gasteiger partial charge on any atom is 0.0506 e. The first-order valence-electron chi connectivity index (χ1n) is 7.77. The molecule has 104 valence electrons. The molecular formula is C16H29NO. The number of hydrogen-bond acceptors (Lipinski definition) is 2. The van der Waals surface area contributed by atoms with Gasteiger partial charge in [0.15, 0.2) is 0 Å². The molecule has 2 heteroatoms. The van der Waals surface area contributed by atoms with E-state index in [9.17, 15) is 0 Å². The Bertz CT molecular complexity index is 264. The van der Waals surface area contributed by atoms with Crippen molar-refractivity contribution in [3.63, 3.8) is 0 Å². The molecule has 0 aromatic heterocycles. The van der Waals surface area contributed by atoms with E-state index in [2.05, 4.69) is 18.4 Å². The third-order valence-electron chi connectivity index (χ3n) is 4.52. The molecule has 0 spiro atoms. The molecule has 0 unspecified atom stereocenters. The molecule has 0 aromatic carbocycles. The van der Waals surface area contributed by atoms with Crippen molar-refractivity contribution in [3.05, 3.63) is 12.2 Å². The molecule has 18 heavy (non-hydrogen) atoms. The molecule has 0 bridgehead atoms. The summed E-state index contributed by atoms with van der Waals surface area (Å²) in [6.45, 7) is 12.0. The molecule has 2 fully saturated rings. The molecule has 1 heterocycles. The van der Waals surface area contributed by atoms with Gasteiger partial charge in [-0.25, -0.2) is 0 Å². The van der Waals surface area contributed by atoms with Crippen LogP contribution in [0.5, 0.6) is 0 Å². The van der Waals surface area contributed by atoms with Crippen LogP contribution in [-0.4, -0.2) is 37.7 Å². The Morgan fingerprint density at radius 3 is 2.94 bits per heavy atom. The van der Waals surface area contributed by atoms with Gasteiger partial charge in [-0.15, -0.1) is 0 Å². The molecule has 1 aliphatic carbocycles. The summed E-state index contributed by atoms with van der Waals surface area (Å²) in [5.74, 6) is 1.53. The van der Waals surface area contributed by atoms with Crippen LogP contribution in [0.1, 0.15) is 45.4 Å². The van der Waals surface area contributed by atoms with E-state index in [0.29, 0.717) is 0 Å². The van der Waals surface area contributed by atoms with Crippen LogP contribution < -0.4 is 0 Å². The fraction of sp³-hybridized carbons (Fsp3) is 0.875. The smallest absolute Gasteiger partial charge is 0.0506 e. The monoisotopic (exact) mass is 251 g/mol. The quantitative estimate of drug-likeness (QED) is 0.694. The van der Waals surface area contributed by atoms with Crippen molar-refractivity contribution in [2.24, 2.45) is 11.8 Å². The Morgan fingerprint density at radius 2 is 2.17 bits per heavy atom. The molecule has 0 radical (unpaired) electrons. The van der Waals surface area contributed by atoms with Gasteiger partial charge in [0, 0.05) is 19.7 Å². The Morgan fingerprint density at radius 1 is 1.28 bits per heavy atom. The minimum Gasteiger partial charge on any atom is -0.381 e. The van der Waals surface area contributed by atoms with Gasteiger partial charge in [-0.05, 0) is 57.4 Å². The van der Waals surface area contributed by atoms with Crippen molar-refractivity contribution in [1.82, 2.24) is 4.90 Å². The summed E-state index contributed by atoms with van der Waals surface area (Å²) in [7, 11) is 0. The number of rotatable bonds is 5. The van der Waals surface area contributed by atoms with E-state index >= 15 is 0 Å². The Labute approximate surface area is 112 Å². The SMILES string of the molecule is C=C1CCCC[C@@H]1CN1CCC[C@@H](COCC)C1. The number of nitrogens with zero attached hydrogens (tertiary/aromatic N) is 1. The zero-order chi connectivity index (χ0) is 12.8. The first-order chi connectivity index (χ1) is 8.79. The second-order valence-corrected chi connectivity index (χ2v) is 6.03. The van der Waals surface area contributed by atoms with Gasteiger partial charge >= 0.3 is 0 Å². The molecule has 0 aromatic rings. The maximum atomic E-state index is 5.59. The van der Waals surface area contributed by atoms with Crippen LogP contribution in [-0.2, 0) is 4.74 Å². The predicted octanol–water partition coefficient (Wildman–Crippen LogP) is 3.48. The first kappa shape index (κ1) is 14.1. The molecule has 1 saturated heterocycles. The van der Waals surface area contributed by atoms with Crippen molar-refractivity contribution in [2.45, 2.75) is 45.4 Å². The molecule has 2 aliphatic rings.